The molecule has 0 bridgehead atoms. The number of benzene rings is 1. The van der Waals surface area contributed by atoms with Gasteiger partial charge in [-0.25, -0.2) is 4.98 Å². The zero-order chi connectivity index (χ0) is 13.4. The molecule has 1 unspecified atom stereocenters. The highest BCUT2D eigenvalue weighted by molar-refractivity contribution is 9.09. The summed E-state index contributed by atoms with van der Waals surface area (Å²) in [6.45, 7) is 2.30. The van der Waals surface area contributed by atoms with Crippen molar-refractivity contribution in [3.8, 4) is 5.75 Å². The van der Waals surface area contributed by atoms with Gasteiger partial charge >= 0.3 is 0 Å². The van der Waals surface area contributed by atoms with Crippen molar-refractivity contribution < 1.29 is 9.84 Å². The van der Waals surface area contributed by atoms with Gasteiger partial charge in [-0.2, -0.15) is 0 Å². The second-order valence-electron chi connectivity index (χ2n) is 4.24. The lowest BCUT2D eigenvalue weighted by Crippen LogP contribution is -2.18. The molecule has 1 N–H and O–H groups in total. The molecule has 3 rings (SSSR count). The topological polar surface area (TPSA) is 42.4 Å². The molecule has 1 aromatic carbocycles. The number of fused-ring (bicyclic) bond motifs is 3. The molecule has 0 fully saturated rings. The maximum atomic E-state index is 9.58. The molecular weight excluding hydrogens is 346 g/mol. The zero-order valence-corrected chi connectivity index (χ0v) is 13.4. The molecule has 0 saturated carbocycles. The van der Waals surface area contributed by atoms with Crippen molar-refractivity contribution in [3.05, 3.63) is 22.5 Å². The molecule has 100 valence electrons. The first-order chi connectivity index (χ1) is 9.19. The lowest BCUT2D eigenvalue weighted by Gasteiger charge is -2.10. The minimum Gasteiger partial charge on any atom is -0.490 e. The molecule has 19 heavy (non-hydrogen) atoms. The Kier molecular flexibility index (Phi) is 3.75. The van der Waals surface area contributed by atoms with Crippen LogP contribution in [0.25, 0.3) is 20.3 Å². The van der Waals surface area contributed by atoms with E-state index < -0.39 is 6.10 Å². The summed E-state index contributed by atoms with van der Waals surface area (Å²) < 4.78 is 8.05. The summed E-state index contributed by atoms with van der Waals surface area (Å²) in [6, 6.07) is 4.07. The summed E-state index contributed by atoms with van der Waals surface area (Å²) >= 11 is 6.58. The zero-order valence-electron chi connectivity index (χ0n) is 10.2. The van der Waals surface area contributed by atoms with Crippen molar-refractivity contribution in [2.45, 2.75) is 13.0 Å². The highest BCUT2D eigenvalue weighted by Gasteiger charge is 2.13. The lowest BCUT2D eigenvalue weighted by molar-refractivity contribution is 0.128. The van der Waals surface area contributed by atoms with Gasteiger partial charge < -0.3 is 9.84 Å². The van der Waals surface area contributed by atoms with E-state index in [-0.39, 0.29) is 0 Å². The Morgan fingerprint density at radius 1 is 1.53 bits per heavy atom. The van der Waals surface area contributed by atoms with E-state index >= 15 is 0 Å². The Labute approximate surface area is 127 Å². The second-order valence-corrected chi connectivity index (χ2v) is 7.04. The van der Waals surface area contributed by atoms with E-state index in [9.17, 15) is 5.11 Å². The SMILES string of the molecule is Cc1nc2c(cc(OCC(O)CBr)c3ccsc32)s1. The fourth-order valence-electron chi connectivity index (χ4n) is 1.94. The first-order valence-electron chi connectivity index (χ1n) is 5.83. The third kappa shape index (κ3) is 2.50. The molecule has 0 aliphatic rings. The van der Waals surface area contributed by atoms with Crippen LogP contribution in [-0.2, 0) is 0 Å². The van der Waals surface area contributed by atoms with Crippen molar-refractivity contribution in [2.75, 3.05) is 11.9 Å². The number of nitrogens with zero attached hydrogens (tertiary/aromatic N) is 1. The Morgan fingerprint density at radius 3 is 3.16 bits per heavy atom. The number of thiophene rings is 1. The van der Waals surface area contributed by atoms with Gasteiger partial charge in [0.25, 0.3) is 0 Å². The normalized spacial score (nSPS) is 13.2. The Morgan fingerprint density at radius 2 is 2.37 bits per heavy atom. The smallest absolute Gasteiger partial charge is 0.129 e. The average Bonchev–Trinajstić information content (AvgIpc) is 3.00. The van der Waals surface area contributed by atoms with Gasteiger partial charge in [0.1, 0.15) is 12.4 Å². The van der Waals surface area contributed by atoms with Crippen LogP contribution in [0.15, 0.2) is 17.5 Å². The predicted molar refractivity (Wildman–Crippen MR) is 85.0 cm³/mol. The number of thiazole rings is 1. The maximum absolute atomic E-state index is 9.58. The van der Waals surface area contributed by atoms with E-state index in [2.05, 4.69) is 20.9 Å². The Bertz CT molecular complexity index is 722. The molecule has 0 aliphatic heterocycles. The number of aliphatic hydroxyl groups excluding tert-OH is 1. The average molecular weight is 358 g/mol. The van der Waals surface area contributed by atoms with Crippen LogP contribution in [-0.4, -0.2) is 28.1 Å². The third-order valence-corrected chi connectivity index (χ3v) is 5.36. The Balaban J connectivity index is 2.08. The number of aliphatic hydroxyl groups is 1. The van der Waals surface area contributed by atoms with E-state index in [1.807, 2.05) is 24.4 Å². The van der Waals surface area contributed by atoms with Crippen LogP contribution in [0.1, 0.15) is 5.01 Å². The van der Waals surface area contributed by atoms with Crippen molar-refractivity contribution in [3.63, 3.8) is 0 Å². The van der Waals surface area contributed by atoms with E-state index in [1.165, 1.54) is 0 Å². The van der Waals surface area contributed by atoms with Crippen LogP contribution in [0, 0.1) is 6.92 Å². The summed E-state index contributed by atoms with van der Waals surface area (Å²) in [6.07, 6.45) is -0.493. The van der Waals surface area contributed by atoms with E-state index in [0.29, 0.717) is 11.9 Å². The minimum atomic E-state index is -0.493. The summed E-state index contributed by atoms with van der Waals surface area (Å²) in [4.78, 5) is 4.58. The second kappa shape index (κ2) is 5.36. The van der Waals surface area contributed by atoms with Crippen molar-refractivity contribution >= 4 is 58.9 Å². The lowest BCUT2D eigenvalue weighted by atomic mass is 10.2. The summed E-state index contributed by atoms with van der Waals surface area (Å²) in [5, 5.41) is 14.3. The van der Waals surface area contributed by atoms with E-state index in [1.54, 1.807) is 22.7 Å². The molecule has 2 heterocycles. The number of hydrogen-bond donors (Lipinski definition) is 1. The molecular formula is C13H12BrNO2S2. The highest BCUT2D eigenvalue weighted by Crippen LogP contribution is 2.38. The van der Waals surface area contributed by atoms with Crippen LogP contribution >= 0.6 is 38.6 Å². The molecule has 2 aromatic heterocycles. The van der Waals surface area contributed by atoms with Gasteiger partial charge in [0, 0.05) is 16.8 Å². The monoisotopic (exact) mass is 357 g/mol. The first kappa shape index (κ1) is 13.3. The first-order valence-corrected chi connectivity index (χ1v) is 8.65. The van der Waals surface area contributed by atoms with Crippen LogP contribution < -0.4 is 4.74 Å². The minimum absolute atomic E-state index is 0.291. The molecule has 0 aliphatic carbocycles. The molecule has 6 heteroatoms. The van der Waals surface area contributed by atoms with Crippen molar-refractivity contribution in [1.82, 2.24) is 4.98 Å². The van der Waals surface area contributed by atoms with E-state index in [4.69, 9.17) is 4.74 Å². The quantitative estimate of drug-likeness (QED) is 0.718. The van der Waals surface area contributed by atoms with Gasteiger partial charge in [0.05, 0.1) is 26.0 Å². The predicted octanol–water partition coefficient (Wildman–Crippen LogP) is 3.95. The van der Waals surface area contributed by atoms with Crippen LogP contribution in [0.5, 0.6) is 5.75 Å². The van der Waals surface area contributed by atoms with Crippen LogP contribution in [0.2, 0.25) is 0 Å². The van der Waals surface area contributed by atoms with Crippen LogP contribution in [0.4, 0.5) is 0 Å². The number of ether oxygens (including phenoxy) is 1. The number of rotatable bonds is 4. The number of hydrogen-bond acceptors (Lipinski definition) is 5. The standard InChI is InChI=1S/C13H12BrNO2S2/c1-7-15-12-11(19-7)4-10(17-6-8(16)5-14)9-2-3-18-13(9)12/h2-4,8,16H,5-6H2,1H3. The molecule has 3 nitrogen and oxygen atoms in total. The molecule has 0 radical (unpaired) electrons. The fourth-order valence-corrected chi connectivity index (χ4v) is 3.96. The van der Waals surface area contributed by atoms with Gasteiger partial charge in [-0.15, -0.1) is 22.7 Å². The molecule has 1 atom stereocenters. The fraction of sp³-hybridized carbons (Fsp3) is 0.308. The maximum Gasteiger partial charge on any atom is 0.129 e. The summed E-state index contributed by atoms with van der Waals surface area (Å²) in [5.41, 5.74) is 1.06. The van der Waals surface area contributed by atoms with E-state index in [0.717, 1.165) is 31.1 Å². The van der Waals surface area contributed by atoms with Gasteiger partial charge in [-0.05, 0) is 18.4 Å². The highest BCUT2D eigenvalue weighted by atomic mass is 79.9. The largest absolute Gasteiger partial charge is 0.490 e. The number of aryl methyl sites for hydroxylation is 1. The molecule has 0 spiro atoms. The number of aromatic nitrogens is 1. The van der Waals surface area contributed by atoms with Crippen LogP contribution in [0.3, 0.4) is 0 Å². The summed E-state index contributed by atoms with van der Waals surface area (Å²) in [5.74, 6) is 0.826. The number of alkyl halides is 1. The Hall–Kier alpha value is -0.690. The van der Waals surface area contributed by atoms with Gasteiger partial charge in [-0.3, -0.25) is 0 Å². The van der Waals surface area contributed by atoms with Gasteiger partial charge in [0.15, 0.2) is 0 Å². The van der Waals surface area contributed by atoms with Crippen molar-refractivity contribution in [2.24, 2.45) is 0 Å². The van der Waals surface area contributed by atoms with Gasteiger partial charge in [-0.1, -0.05) is 15.9 Å². The number of halogens is 1. The van der Waals surface area contributed by atoms with Crippen molar-refractivity contribution in [1.29, 1.82) is 0 Å². The third-order valence-electron chi connectivity index (χ3n) is 2.78. The van der Waals surface area contributed by atoms with Gasteiger partial charge in [0.2, 0.25) is 0 Å². The molecule has 3 aromatic rings. The molecule has 0 saturated heterocycles. The summed E-state index contributed by atoms with van der Waals surface area (Å²) in [7, 11) is 0. The molecule has 0 amide bonds.